The van der Waals surface area contributed by atoms with Crippen LogP contribution in [0.1, 0.15) is 29.9 Å². The number of ether oxygens (including phenoxy) is 1. The van der Waals surface area contributed by atoms with E-state index in [4.69, 9.17) is 4.74 Å². The fraction of sp³-hybridized carbons (Fsp3) is 0.375. The summed E-state index contributed by atoms with van der Waals surface area (Å²) >= 11 is 0. The molecular formula is C16H20FN3O2. The molecule has 6 heteroatoms. The summed E-state index contributed by atoms with van der Waals surface area (Å²) in [5, 5.41) is 6.92. The highest BCUT2D eigenvalue weighted by atomic mass is 19.1. The predicted octanol–water partition coefficient (Wildman–Crippen LogP) is 2.62. The lowest BCUT2D eigenvalue weighted by Gasteiger charge is -2.12. The van der Waals surface area contributed by atoms with E-state index in [1.165, 1.54) is 19.2 Å². The van der Waals surface area contributed by atoms with Crippen molar-refractivity contribution in [1.29, 1.82) is 0 Å². The molecule has 0 atom stereocenters. The van der Waals surface area contributed by atoms with Gasteiger partial charge in [-0.15, -0.1) is 0 Å². The van der Waals surface area contributed by atoms with Crippen molar-refractivity contribution in [1.82, 2.24) is 15.1 Å². The second kappa shape index (κ2) is 7.06. The number of benzene rings is 1. The number of hydrogen-bond acceptors (Lipinski definition) is 3. The number of amides is 1. The monoisotopic (exact) mass is 305 g/mol. The Morgan fingerprint density at radius 2 is 2.18 bits per heavy atom. The molecule has 0 saturated heterocycles. The van der Waals surface area contributed by atoms with Crippen molar-refractivity contribution >= 4 is 5.91 Å². The predicted molar refractivity (Wildman–Crippen MR) is 81.2 cm³/mol. The summed E-state index contributed by atoms with van der Waals surface area (Å²) in [5.74, 6) is 0.312. The Morgan fingerprint density at radius 1 is 1.41 bits per heavy atom. The van der Waals surface area contributed by atoms with Crippen molar-refractivity contribution in [2.24, 2.45) is 5.92 Å². The maximum atomic E-state index is 13.3. The van der Waals surface area contributed by atoms with Gasteiger partial charge in [-0.2, -0.15) is 5.10 Å². The molecule has 1 aromatic carbocycles. The second-order valence-corrected chi connectivity index (χ2v) is 5.43. The van der Waals surface area contributed by atoms with Gasteiger partial charge < -0.3 is 10.1 Å². The van der Waals surface area contributed by atoms with Crippen molar-refractivity contribution in [3.8, 4) is 5.75 Å². The van der Waals surface area contributed by atoms with E-state index in [9.17, 15) is 9.18 Å². The molecule has 22 heavy (non-hydrogen) atoms. The van der Waals surface area contributed by atoms with Gasteiger partial charge in [-0.05, 0) is 30.2 Å². The Kier molecular flexibility index (Phi) is 5.14. The molecule has 2 aromatic rings. The quantitative estimate of drug-likeness (QED) is 0.892. The van der Waals surface area contributed by atoms with Crippen LogP contribution in [0, 0.1) is 11.7 Å². The molecule has 5 nitrogen and oxygen atoms in total. The van der Waals surface area contributed by atoms with Crippen LogP contribution < -0.4 is 10.1 Å². The maximum Gasteiger partial charge on any atom is 0.269 e. The van der Waals surface area contributed by atoms with Crippen LogP contribution in [0.4, 0.5) is 4.39 Å². The topological polar surface area (TPSA) is 56.1 Å². The van der Waals surface area contributed by atoms with Crippen LogP contribution in [0.5, 0.6) is 5.75 Å². The highest BCUT2D eigenvalue weighted by Gasteiger charge is 2.13. The van der Waals surface area contributed by atoms with Crippen LogP contribution in [0.15, 0.2) is 30.5 Å². The lowest BCUT2D eigenvalue weighted by atomic mass is 10.2. The smallest absolute Gasteiger partial charge is 0.269 e. The zero-order chi connectivity index (χ0) is 16.1. The largest absolute Gasteiger partial charge is 0.496 e. The molecule has 0 fully saturated rings. The first-order valence-electron chi connectivity index (χ1n) is 7.13. The van der Waals surface area contributed by atoms with Crippen LogP contribution in [-0.4, -0.2) is 22.8 Å². The Balaban J connectivity index is 2.07. The Labute approximate surface area is 129 Å². The van der Waals surface area contributed by atoms with E-state index in [0.717, 1.165) is 0 Å². The minimum absolute atomic E-state index is 0.187. The first kappa shape index (κ1) is 16.0. The summed E-state index contributed by atoms with van der Waals surface area (Å²) in [6.45, 7) is 4.97. The lowest BCUT2D eigenvalue weighted by Crippen LogP contribution is -2.26. The van der Waals surface area contributed by atoms with E-state index in [1.54, 1.807) is 23.0 Å². The number of carbonyl (C=O) groups excluding carboxylic acids is 1. The number of aromatic nitrogens is 2. The molecule has 0 aliphatic heterocycles. The first-order chi connectivity index (χ1) is 10.5. The fourth-order valence-corrected chi connectivity index (χ4v) is 2.17. The highest BCUT2D eigenvalue weighted by molar-refractivity contribution is 5.92. The number of carbonyl (C=O) groups is 1. The van der Waals surface area contributed by atoms with Gasteiger partial charge in [0.15, 0.2) is 0 Å². The molecule has 0 radical (unpaired) electrons. The van der Waals surface area contributed by atoms with E-state index in [2.05, 4.69) is 24.3 Å². The zero-order valence-corrected chi connectivity index (χ0v) is 13.0. The third kappa shape index (κ3) is 3.84. The molecule has 0 aliphatic rings. The molecule has 0 unspecified atom stereocenters. The van der Waals surface area contributed by atoms with Crippen LogP contribution in [0.2, 0.25) is 0 Å². The van der Waals surface area contributed by atoms with Gasteiger partial charge in [0.1, 0.15) is 17.3 Å². The molecule has 1 heterocycles. The Bertz CT molecular complexity index is 653. The number of nitrogens with zero attached hydrogens (tertiary/aromatic N) is 2. The fourth-order valence-electron chi connectivity index (χ4n) is 2.17. The van der Waals surface area contributed by atoms with Gasteiger partial charge in [0, 0.05) is 24.8 Å². The summed E-state index contributed by atoms with van der Waals surface area (Å²) in [5.41, 5.74) is 1.08. The van der Waals surface area contributed by atoms with E-state index < -0.39 is 0 Å². The molecule has 0 bridgehead atoms. The molecule has 0 aliphatic carbocycles. The third-order valence-corrected chi connectivity index (χ3v) is 3.17. The SMILES string of the molecule is COc1ccc(F)cc1CNC(=O)c1ccnn1CC(C)C. The van der Waals surface area contributed by atoms with E-state index in [0.29, 0.717) is 29.5 Å². The van der Waals surface area contributed by atoms with Gasteiger partial charge in [-0.3, -0.25) is 9.48 Å². The van der Waals surface area contributed by atoms with Gasteiger partial charge in [-0.1, -0.05) is 13.8 Å². The number of rotatable bonds is 6. The molecule has 1 N–H and O–H groups in total. The summed E-state index contributed by atoms with van der Waals surface area (Å²) < 4.78 is 20.1. The maximum absolute atomic E-state index is 13.3. The number of hydrogen-bond donors (Lipinski definition) is 1. The third-order valence-electron chi connectivity index (χ3n) is 3.17. The summed E-state index contributed by atoms with van der Waals surface area (Å²) in [7, 11) is 1.51. The summed E-state index contributed by atoms with van der Waals surface area (Å²) in [6, 6.07) is 5.88. The standard InChI is InChI=1S/C16H20FN3O2/c1-11(2)10-20-14(6-7-19-20)16(21)18-9-12-8-13(17)4-5-15(12)22-3/h4-8,11H,9-10H2,1-3H3,(H,18,21). The average molecular weight is 305 g/mol. The lowest BCUT2D eigenvalue weighted by molar-refractivity contribution is 0.0938. The number of nitrogens with one attached hydrogen (secondary N) is 1. The van der Waals surface area contributed by atoms with E-state index in [-0.39, 0.29) is 18.3 Å². The first-order valence-corrected chi connectivity index (χ1v) is 7.13. The summed E-state index contributed by atoms with van der Waals surface area (Å²) in [6.07, 6.45) is 1.60. The van der Waals surface area contributed by atoms with Crippen molar-refractivity contribution in [2.75, 3.05) is 7.11 Å². The zero-order valence-electron chi connectivity index (χ0n) is 13.0. The van der Waals surface area contributed by atoms with Gasteiger partial charge in [0.25, 0.3) is 5.91 Å². The van der Waals surface area contributed by atoms with Crippen LogP contribution >= 0.6 is 0 Å². The average Bonchev–Trinajstić information content (AvgIpc) is 2.92. The molecule has 1 aromatic heterocycles. The van der Waals surface area contributed by atoms with Gasteiger partial charge in [0.2, 0.25) is 0 Å². The second-order valence-electron chi connectivity index (χ2n) is 5.43. The molecule has 0 saturated carbocycles. The van der Waals surface area contributed by atoms with Gasteiger partial charge in [-0.25, -0.2) is 4.39 Å². The van der Waals surface area contributed by atoms with Crippen LogP contribution in [-0.2, 0) is 13.1 Å². The van der Waals surface area contributed by atoms with Crippen molar-refractivity contribution in [3.05, 3.63) is 47.5 Å². The Hall–Kier alpha value is -2.37. The van der Waals surface area contributed by atoms with E-state index >= 15 is 0 Å². The minimum Gasteiger partial charge on any atom is -0.496 e. The van der Waals surface area contributed by atoms with E-state index in [1.807, 2.05) is 0 Å². The molecule has 1 amide bonds. The Morgan fingerprint density at radius 3 is 2.86 bits per heavy atom. The molecule has 0 spiro atoms. The van der Waals surface area contributed by atoms with Crippen LogP contribution in [0.25, 0.3) is 0 Å². The minimum atomic E-state index is -0.366. The molecule has 2 rings (SSSR count). The van der Waals surface area contributed by atoms with Crippen molar-refractivity contribution < 1.29 is 13.9 Å². The molecule has 118 valence electrons. The number of methoxy groups -OCH3 is 1. The van der Waals surface area contributed by atoms with Crippen LogP contribution in [0.3, 0.4) is 0 Å². The number of halogens is 1. The summed E-state index contributed by atoms with van der Waals surface area (Å²) in [4.78, 5) is 12.3. The van der Waals surface area contributed by atoms with Gasteiger partial charge in [0.05, 0.1) is 7.11 Å². The normalized spacial score (nSPS) is 10.8. The van der Waals surface area contributed by atoms with Gasteiger partial charge >= 0.3 is 0 Å². The van der Waals surface area contributed by atoms with Crippen molar-refractivity contribution in [3.63, 3.8) is 0 Å². The highest BCUT2D eigenvalue weighted by Crippen LogP contribution is 2.19. The van der Waals surface area contributed by atoms with Crippen molar-refractivity contribution in [2.45, 2.75) is 26.9 Å². The molecular weight excluding hydrogens is 285 g/mol.